The summed E-state index contributed by atoms with van der Waals surface area (Å²) in [7, 11) is 6.99. The summed E-state index contributed by atoms with van der Waals surface area (Å²) in [5, 5.41) is 3.91. The highest BCUT2D eigenvalue weighted by atomic mass is 32.2. The van der Waals surface area contributed by atoms with Crippen LogP contribution in [0.2, 0.25) is 0 Å². The first-order valence-corrected chi connectivity index (χ1v) is 9.96. The second kappa shape index (κ2) is 8.74. The maximum atomic E-state index is 13.7. The highest BCUT2D eigenvalue weighted by Gasteiger charge is 2.19. The summed E-state index contributed by atoms with van der Waals surface area (Å²) in [6, 6.07) is 8.19. The Bertz CT molecular complexity index is 1110. The lowest BCUT2D eigenvalue weighted by Gasteiger charge is -2.19. The van der Waals surface area contributed by atoms with E-state index in [-0.39, 0.29) is 21.8 Å². The fraction of sp³-hybridized carbons (Fsp3) is 0.238. The van der Waals surface area contributed by atoms with Gasteiger partial charge in [-0.2, -0.15) is 0 Å². The highest BCUT2D eigenvalue weighted by Crippen LogP contribution is 2.30. The highest BCUT2D eigenvalue weighted by molar-refractivity contribution is 7.99. The lowest BCUT2D eigenvalue weighted by molar-refractivity contribution is 0.0601. The van der Waals surface area contributed by atoms with Crippen molar-refractivity contribution in [3.05, 3.63) is 63.6 Å². The molecule has 1 unspecified atom stereocenters. The first-order valence-electron chi connectivity index (χ1n) is 8.98. The number of benzene rings is 2. The molecule has 3 rings (SSSR count). The molecule has 0 fully saturated rings. The molecule has 1 N–H and O–H groups in total. The van der Waals surface area contributed by atoms with E-state index >= 15 is 0 Å². The zero-order chi connectivity index (χ0) is 21.1. The SMILES string of the molecule is [B]c1cc(F)cc(NC(C)c2cc(C(=O)OC)cc3c(=O)cc(SCC)oc23)c1. The van der Waals surface area contributed by atoms with Crippen LogP contribution >= 0.6 is 11.8 Å². The summed E-state index contributed by atoms with van der Waals surface area (Å²) in [6.07, 6.45) is 0. The summed E-state index contributed by atoms with van der Waals surface area (Å²) in [6.45, 7) is 3.77. The minimum atomic E-state index is -0.568. The summed E-state index contributed by atoms with van der Waals surface area (Å²) in [4.78, 5) is 24.8. The molecule has 3 aromatic rings. The Hall–Kier alpha value is -2.74. The van der Waals surface area contributed by atoms with Gasteiger partial charge in [0.15, 0.2) is 10.5 Å². The van der Waals surface area contributed by atoms with Crippen LogP contribution in [0.15, 0.2) is 50.7 Å². The van der Waals surface area contributed by atoms with Crippen LogP contribution in [-0.2, 0) is 4.74 Å². The van der Waals surface area contributed by atoms with E-state index in [9.17, 15) is 14.0 Å². The molecular weight excluding hydrogens is 392 g/mol. The number of fused-ring (bicyclic) bond motifs is 1. The molecule has 0 aliphatic rings. The number of nitrogens with one attached hydrogen (secondary N) is 1. The van der Waals surface area contributed by atoms with Crippen LogP contribution in [-0.4, -0.2) is 26.7 Å². The zero-order valence-electron chi connectivity index (χ0n) is 16.2. The standard InChI is InChI=1S/C21H19BFNO4S/c1-4-29-19-10-18(25)17-6-12(21(26)27-3)5-16(20(17)28-19)11(2)24-15-8-13(22)7-14(23)9-15/h5-11,24H,4H2,1-3H3. The van der Waals surface area contributed by atoms with E-state index in [1.807, 2.05) is 13.8 Å². The molecule has 0 spiro atoms. The number of esters is 1. The van der Waals surface area contributed by atoms with Gasteiger partial charge in [-0.05, 0) is 43.0 Å². The monoisotopic (exact) mass is 411 g/mol. The van der Waals surface area contributed by atoms with E-state index in [4.69, 9.17) is 17.0 Å². The van der Waals surface area contributed by atoms with E-state index in [1.54, 1.807) is 12.1 Å². The lowest BCUT2D eigenvalue weighted by atomic mass is 9.95. The van der Waals surface area contributed by atoms with Gasteiger partial charge in [0.2, 0.25) is 0 Å². The van der Waals surface area contributed by atoms with Crippen molar-refractivity contribution in [3.8, 4) is 0 Å². The molecule has 2 radical (unpaired) electrons. The number of methoxy groups -OCH3 is 1. The van der Waals surface area contributed by atoms with Crippen LogP contribution in [0, 0.1) is 5.82 Å². The topological polar surface area (TPSA) is 68.5 Å². The fourth-order valence-corrected chi connectivity index (χ4v) is 3.67. The van der Waals surface area contributed by atoms with Gasteiger partial charge in [-0.3, -0.25) is 4.79 Å². The van der Waals surface area contributed by atoms with Gasteiger partial charge in [-0.25, -0.2) is 9.18 Å². The van der Waals surface area contributed by atoms with Crippen molar-refractivity contribution in [3.63, 3.8) is 0 Å². The van der Waals surface area contributed by atoms with E-state index in [2.05, 4.69) is 5.32 Å². The number of hydrogen-bond donors (Lipinski definition) is 1. The number of carbonyl (C=O) groups excluding carboxylic acids is 1. The molecule has 1 heterocycles. The number of carbonyl (C=O) groups is 1. The van der Waals surface area contributed by atoms with Crippen molar-refractivity contribution in [2.75, 3.05) is 18.2 Å². The maximum absolute atomic E-state index is 13.7. The Morgan fingerprint density at radius 2 is 2.03 bits per heavy atom. The van der Waals surface area contributed by atoms with Crippen molar-refractivity contribution in [1.82, 2.24) is 0 Å². The van der Waals surface area contributed by atoms with Crippen LogP contribution in [0.5, 0.6) is 0 Å². The van der Waals surface area contributed by atoms with Crippen LogP contribution < -0.4 is 16.2 Å². The van der Waals surface area contributed by atoms with Crippen molar-refractivity contribution in [1.29, 1.82) is 0 Å². The molecule has 8 heteroatoms. The van der Waals surface area contributed by atoms with Crippen molar-refractivity contribution >= 4 is 47.7 Å². The Labute approximate surface area is 173 Å². The first-order chi connectivity index (χ1) is 13.8. The molecule has 1 aromatic heterocycles. The van der Waals surface area contributed by atoms with E-state index in [0.29, 0.717) is 21.9 Å². The number of halogens is 1. The zero-order valence-corrected chi connectivity index (χ0v) is 17.1. The Morgan fingerprint density at radius 3 is 2.69 bits per heavy atom. The minimum Gasteiger partial charge on any atom is -0.465 e. The van der Waals surface area contributed by atoms with Gasteiger partial charge in [0.1, 0.15) is 19.2 Å². The van der Waals surface area contributed by atoms with E-state index in [1.165, 1.54) is 43.1 Å². The summed E-state index contributed by atoms with van der Waals surface area (Å²) < 4.78 is 24.5. The van der Waals surface area contributed by atoms with Crippen molar-refractivity contribution in [2.24, 2.45) is 0 Å². The molecule has 0 saturated carbocycles. The number of ether oxygens (including phenoxy) is 1. The molecule has 148 valence electrons. The smallest absolute Gasteiger partial charge is 0.337 e. The summed E-state index contributed by atoms with van der Waals surface area (Å²) in [5.41, 5.74) is 1.66. The molecule has 0 aliphatic heterocycles. The second-order valence-corrected chi connectivity index (χ2v) is 7.70. The van der Waals surface area contributed by atoms with Crippen LogP contribution in [0.3, 0.4) is 0 Å². The number of anilines is 1. The molecule has 2 aromatic carbocycles. The number of hydrogen-bond acceptors (Lipinski definition) is 6. The van der Waals surface area contributed by atoms with Crippen LogP contribution in [0.4, 0.5) is 10.1 Å². The second-order valence-electron chi connectivity index (χ2n) is 6.44. The molecule has 5 nitrogen and oxygen atoms in total. The van der Waals surface area contributed by atoms with Gasteiger partial charge in [0.25, 0.3) is 0 Å². The Kier molecular flexibility index (Phi) is 6.32. The molecule has 0 aliphatic carbocycles. The molecule has 29 heavy (non-hydrogen) atoms. The molecule has 0 saturated heterocycles. The van der Waals surface area contributed by atoms with Gasteiger partial charge in [-0.1, -0.05) is 24.1 Å². The van der Waals surface area contributed by atoms with Gasteiger partial charge >= 0.3 is 5.97 Å². The lowest BCUT2D eigenvalue weighted by Crippen LogP contribution is -2.14. The first kappa shape index (κ1) is 21.0. The quantitative estimate of drug-likeness (QED) is 0.378. The predicted molar refractivity (Wildman–Crippen MR) is 114 cm³/mol. The fourth-order valence-electron chi connectivity index (χ4n) is 3.06. The maximum Gasteiger partial charge on any atom is 0.337 e. The van der Waals surface area contributed by atoms with Crippen molar-refractivity contribution in [2.45, 2.75) is 25.0 Å². The number of rotatable bonds is 6. The molecule has 1 atom stereocenters. The molecular formula is C21H19BFNO4S. The summed E-state index contributed by atoms with van der Waals surface area (Å²) >= 11 is 1.40. The minimum absolute atomic E-state index is 0.227. The summed E-state index contributed by atoms with van der Waals surface area (Å²) in [5.74, 6) is -0.303. The van der Waals surface area contributed by atoms with Gasteiger partial charge in [-0.15, -0.1) is 0 Å². The van der Waals surface area contributed by atoms with Gasteiger partial charge in [0.05, 0.1) is 24.1 Å². The predicted octanol–water partition coefficient (Wildman–Crippen LogP) is 3.80. The molecule has 0 amide bonds. The van der Waals surface area contributed by atoms with Crippen molar-refractivity contribution < 1.29 is 18.3 Å². The van der Waals surface area contributed by atoms with Gasteiger partial charge in [0, 0.05) is 17.3 Å². The van der Waals surface area contributed by atoms with Crippen LogP contribution in [0.1, 0.15) is 35.8 Å². The molecule has 0 bridgehead atoms. The largest absolute Gasteiger partial charge is 0.465 e. The average molecular weight is 411 g/mol. The van der Waals surface area contributed by atoms with Crippen LogP contribution in [0.25, 0.3) is 11.0 Å². The number of thioether (sulfide) groups is 1. The third-order valence-electron chi connectivity index (χ3n) is 4.31. The Balaban J connectivity index is 2.16. The van der Waals surface area contributed by atoms with E-state index in [0.717, 1.165) is 5.75 Å². The average Bonchev–Trinajstić information content (AvgIpc) is 2.66. The Morgan fingerprint density at radius 1 is 1.28 bits per heavy atom. The third kappa shape index (κ3) is 4.64. The van der Waals surface area contributed by atoms with Gasteiger partial charge < -0.3 is 14.5 Å². The normalized spacial score (nSPS) is 12.0. The third-order valence-corrected chi connectivity index (χ3v) is 5.09. The van der Waals surface area contributed by atoms with E-state index < -0.39 is 17.8 Å².